The molecule has 0 radical (unpaired) electrons. The lowest BCUT2D eigenvalue weighted by Gasteiger charge is -2.13. The van der Waals surface area contributed by atoms with Crippen LogP contribution >= 0.6 is 11.8 Å². The highest BCUT2D eigenvalue weighted by atomic mass is 32.2. The number of aromatic nitrogens is 3. The topological polar surface area (TPSA) is 47.8 Å². The number of Topliss-reactive ketones (excluding diaryl/α,β-unsaturated/α-hetero) is 1. The van der Waals surface area contributed by atoms with Crippen LogP contribution in [0.3, 0.4) is 0 Å². The Morgan fingerprint density at radius 3 is 2.35 bits per heavy atom. The predicted octanol–water partition coefficient (Wildman–Crippen LogP) is 4.77. The smallest absolute Gasteiger partial charge is 0.191 e. The van der Waals surface area contributed by atoms with E-state index in [2.05, 4.69) is 23.2 Å². The van der Waals surface area contributed by atoms with Crippen LogP contribution in [0.2, 0.25) is 0 Å². The van der Waals surface area contributed by atoms with Gasteiger partial charge in [0.05, 0.1) is 5.25 Å². The third kappa shape index (κ3) is 3.58. The molecule has 3 rings (SSSR count). The largest absolute Gasteiger partial charge is 0.305 e. The number of benzene rings is 2. The van der Waals surface area contributed by atoms with Crippen LogP contribution in [0.4, 0.5) is 0 Å². The van der Waals surface area contributed by atoms with E-state index in [-0.39, 0.29) is 11.0 Å². The van der Waals surface area contributed by atoms with Crippen molar-refractivity contribution in [3.8, 4) is 11.4 Å². The molecule has 0 aliphatic carbocycles. The van der Waals surface area contributed by atoms with Crippen molar-refractivity contribution in [1.29, 1.82) is 0 Å². The Hall–Kier alpha value is -2.40. The summed E-state index contributed by atoms with van der Waals surface area (Å²) >= 11 is 1.45. The molecule has 0 saturated carbocycles. The van der Waals surface area contributed by atoms with Crippen LogP contribution < -0.4 is 0 Å². The Morgan fingerprint density at radius 1 is 1.00 bits per heavy atom. The molecular weight excluding hydrogens is 342 g/mol. The summed E-state index contributed by atoms with van der Waals surface area (Å²) in [6.45, 7) is 8.03. The molecule has 134 valence electrons. The predicted molar refractivity (Wildman–Crippen MR) is 107 cm³/mol. The van der Waals surface area contributed by atoms with Crippen LogP contribution in [0, 0.1) is 20.8 Å². The Labute approximate surface area is 158 Å². The van der Waals surface area contributed by atoms with Gasteiger partial charge in [-0.15, -0.1) is 10.2 Å². The van der Waals surface area contributed by atoms with Gasteiger partial charge >= 0.3 is 0 Å². The molecule has 1 heterocycles. The number of thioether (sulfide) groups is 1. The van der Waals surface area contributed by atoms with Crippen LogP contribution in [0.15, 0.2) is 47.6 Å². The van der Waals surface area contributed by atoms with Crippen molar-refractivity contribution in [2.24, 2.45) is 7.05 Å². The second-order valence-electron chi connectivity index (χ2n) is 6.61. The van der Waals surface area contributed by atoms with Gasteiger partial charge in [0.2, 0.25) is 0 Å². The quantitative estimate of drug-likeness (QED) is 0.483. The van der Waals surface area contributed by atoms with Gasteiger partial charge in [0.1, 0.15) is 0 Å². The van der Waals surface area contributed by atoms with Crippen molar-refractivity contribution in [2.45, 2.75) is 38.1 Å². The van der Waals surface area contributed by atoms with Gasteiger partial charge < -0.3 is 4.57 Å². The van der Waals surface area contributed by atoms with Crippen molar-refractivity contribution in [1.82, 2.24) is 14.8 Å². The maximum atomic E-state index is 12.9. The first-order valence-electron chi connectivity index (χ1n) is 8.62. The summed E-state index contributed by atoms with van der Waals surface area (Å²) in [6, 6.07) is 14.0. The molecule has 0 aliphatic heterocycles. The highest BCUT2D eigenvalue weighted by molar-refractivity contribution is 8.00. The van der Waals surface area contributed by atoms with E-state index < -0.39 is 0 Å². The summed E-state index contributed by atoms with van der Waals surface area (Å²) in [6.07, 6.45) is 0. The molecule has 0 bridgehead atoms. The summed E-state index contributed by atoms with van der Waals surface area (Å²) in [4.78, 5) is 12.9. The molecule has 4 nitrogen and oxygen atoms in total. The minimum absolute atomic E-state index is 0.125. The average Bonchev–Trinajstić information content (AvgIpc) is 2.99. The van der Waals surface area contributed by atoms with Gasteiger partial charge in [0, 0.05) is 18.2 Å². The van der Waals surface area contributed by atoms with Gasteiger partial charge in [-0.05, 0) is 50.5 Å². The summed E-state index contributed by atoms with van der Waals surface area (Å²) in [5, 5.41) is 9.09. The number of carbonyl (C=O) groups is 1. The van der Waals surface area contributed by atoms with Gasteiger partial charge in [-0.3, -0.25) is 4.79 Å². The van der Waals surface area contributed by atoms with Crippen LogP contribution in [0.5, 0.6) is 0 Å². The first-order chi connectivity index (χ1) is 12.4. The zero-order valence-electron chi connectivity index (χ0n) is 15.8. The van der Waals surface area contributed by atoms with Crippen LogP contribution in [0.1, 0.15) is 34.0 Å². The Bertz CT molecular complexity index is 947. The standard InChI is InChI=1S/C21H23N3OS/c1-13-11-15(3)18(12-14(13)2)19(25)16(4)26-21-23-22-20(24(21)5)17-9-7-6-8-10-17/h6-12,16H,1-5H3/t16-/m0/s1. The lowest BCUT2D eigenvalue weighted by molar-refractivity contribution is 0.0993. The molecule has 0 unspecified atom stereocenters. The van der Waals surface area contributed by atoms with Gasteiger partial charge in [0.15, 0.2) is 16.8 Å². The summed E-state index contributed by atoms with van der Waals surface area (Å²) in [7, 11) is 1.93. The third-order valence-electron chi connectivity index (χ3n) is 4.62. The maximum absolute atomic E-state index is 12.9. The lowest BCUT2D eigenvalue weighted by atomic mass is 9.97. The lowest BCUT2D eigenvalue weighted by Crippen LogP contribution is -2.16. The van der Waals surface area contributed by atoms with Gasteiger partial charge in [0.25, 0.3) is 0 Å². The van der Waals surface area contributed by atoms with E-state index in [9.17, 15) is 4.79 Å². The van der Waals surface area contributed by atoms with Crippen LogP contribution in [0.25, 0.3) is 11.4 Å². The number of hydrogen-bond donors (Lipinski definition) is 0. The fraction of sp³-hybridized carbons (Fsp3) is 0.286. The first-order valence-corrected chi connectivity index (χ1v) is 9.50. The van der Waals surface area contributed by atoms with E-state index in [1.807, 2.05) is 68.8 Å². The normalized spacial score (nSPS) is 12.2. The van der Waals surface area contributed by atoms with E-state index >= 15 is 0 Å². The van der Waals surface area contributed by atoms with Gasteiger partial charge in [-0.25, -0.2) is 0 Å². The first kappa shape index (κ1) is 18.4. The molecule has 5 heteroatoms. The van der Waals surface area contributed by atoms with Crippen molar-refractivity contribution in [3.05, 3.63) is 64.7 Å². The molecular formula is C21H23N3OS. The van der Waals surface area contributed by atoms with Crippen molar-refractivity contribution in [2.75, 3.05) is 0 Å². The van der Waals surface area contributed by atoms with E-state index in [1.54, 1.807) is 0 Å². The second kappa shape index (κ2) is 7.46. The highest BCUT2D eigenvalue weighted by Crippen LogP contribution is 2.28. The molecule has 0 fully saturated rings. The van der Waals surface area contributed by atoms with E-state index in [0.29, 0.717) is 0 Å². The number of carbonyl (C=O) groups excluding carboxylic acids is 1. The molecule has 0 amide bonds. The number of nitrogens with zero attached hydrogens (tertiary/aromatic N) is 3. The number of aryl methyl sites for hydroxylation is 3. The third-order valence-corrected chi connectivity index (χ3v) is 5.76. The molecule has 3 aromatic rings. The fourth-order valence-electron chi connectivity index (χ4n) is 2.91. The number of rotatable bonds is 5. The summed E-state index contributed by atoms with van der Waals surface area (Å²) in [5.41, 5.74) is 5.17. The monoisotopic (exact) mass is 365 g/mol. The van der Waals surface area contributed by atoms with Crippen molar-refractivity contribution < 1.29 is 4.79 Å². The zero-order valence-corrected chi connectivity index (χ0v) is 16.6. The minimum atomic E-state index is -0.234. The molecule has 2 aromatic carbocycles. The van der Waals surface area contributed by atoms with E-state index in [4.69, 9.17) is 0 Å². The molecule has 0 saturated heterocycles. The molecule has 0 aliphatic rings. The molecule has 1 aromatic heterocycles. The molecule has 1 atom stereocenters. The molecule has 0 N–H and O–H groups in total. The van der Waals surface area contributed by atoms with Gasteiger partial charge in [-0.1, -0.05) is 48.2 Å². The highest BCUT2D eigenvalue weighted by Gasteiger charge is 2.22. The van der Waals surface area contributed by atoms with Crippen molar-refractivity contribution in [3.63, 3.8) is 0 Å². The van der Waals surface area contributed by atoms with Crippen LogP contribution in [-0.2, 0) is 7.05 Å². The fourth-order valence-corrected chi connectivity index (χ4v) is 3.80. The van der Waals surface area contributed by atoms with E-state index in [1.165, 1.54) is 17.3 Å². The van der Waals surface area contributed by atoms with Gasteiger partial charge in [-0.2, -0.15) is 0 Å². The maximum Gasteiger partial charge on any atom is 0.191 e. The summed E-state index contributed by atoms with van der Waals surface area (Å²) < 4.78 is 1.94. The Balaban J connectivity index is 1.83. The molecule has 0 spiro atoms. The van der Waals surface area contributed by atoms with Crippen molar-refractivity contribution >= 4 is 17.5 Å². The zero-order chi connectivity index (χ0) is 18.8. The Morgan fingerprint density at radius 2 is 1.65 bits per heavy atom. The number of hydrogen-bond acceptors (Lipinski definition) is 4. The Kier molecular flexibility index (Phi) is 5.28. The SMILES string of the molecule is Cc1cc(C)c(C(=O)[C@H](C)Sc2nnc(-c3ccccc3)n2C)cc1C. The van der Waals surface area contributed by atoms with Crippen LogP contribution in [-0.4, -0.2) is 25.8 Å². The number of ketones is 1. The average molecular weight is 366 g/mol. The molecule has 26 heavy (non-hydrogen) atoms. The van der Waals surface area contributed by atoms with E-state index in [0.717, 1.165) is 33.2 Å². The summed E-state index contributed by atoms with van der Waals surface area (Å²) in [5.74, 6) is 0.926. The minimum Gasteiger partial charge on any atom is -0.305 e. The second-order valence-corrected chi connectivity index (χ2v) is 7.91.